The number of aromatic nitrogens is 1. The van der Waals surface area contributed by atoms with Gasteiger partial charge in [0, 0.05) is 5.56 Å². The lowest BCUT2D eigenvalue weighted by molar-refractivity contribution is 0.619. The lowest BCUT2D eigenvalue weighted by Crippen LogP contribution is -1.83. The van der Waals surface area contributed by atoms with Crippen LogP contribution in [0.5, 0.6) is 0 Å². The van der Waals surface area contributed by atoms with Crippen molar-refractivity contribution in [3.8, 4) is 11.5 Å². The van der Waals surface area contributed by atoms with Gasteiger partial charge in [-0.3, -0.25) is 0 Å². The molecule has 0 aliphatic heterocycles. The Labute approximate surface area is 113 Å². The summed E-state index contributed by atoms with van der Waals surface area (Å²) in [6.45, 7) is 6.36. The van der Waals surface area contributed by atoms with E-state index in [2.05, 4.69) is 56.1 Å². The number of oxazole rings is 1. The number of rotatable bonds is 2. The van der Waals surface area contributed by atoms with Crippen molar-refractivity contribution in [2.45, 2.75) is 27.2 Å². The van der Waals surface area contributed by atoms with Crippen LogP contribution in [0, 0.1) is 13.8 Å². The van der Waals surface area contributed by atoms with E-state index in [0.717, 1.165) is 23.1 Å². The predicted molar refractivity (Wildman–Crippen MR) is 78.3 cm³/mol. The maximum absolute atomic E-state index is 5.84. The van der Waals surface area contributed by atoms with Gasteiger partial charge in [0.05, 0.1) is 0 Å². The third-order valence-corrected chi connectivity index (χ3v) is 3.61. The van der Waals surface area contributed by atoms with Crippen LogP contribution >= 0.6 is 0 Å². The minimum atomic E-state index is 0.700. The van der Waals surface area contributed by atoms with Gasteiger partial charge in [0.1, 0.15) is 5.52 Å². The lowest BCUT2D eigenvalue weighted by Gasteiger charge is -2.01. The van der Waals surface area contributed by atoms with E-state index in [1.807, 2.05) is 6.07 Å². The normalized spacial score (nSPS) is 11.1. The molecule has 3 aromatic rings. The van der Waals surface area contributed by atoms with Crippen LogP contribution in [0.25, 0.3) is 22.6 Å². The minimum absolute atomic E-state index is 0.700. The Morgan fingerprint density at radius 3 is 2.58 bits per heavy atom. The Morgan fingerprint density at radius 2 is 1.84 bits per heavy atom. The van der Waals surface area contributed by atoms with E-state index >= 15 is 0 Å². The first-order valence-corrected chi connectivity index (χ1v) is 6.64. The molecule has 0 unspecified atom stereocenters. The fourth-order valence-electron chi connectivity index (χ4n) is 2.19. The molecular weight excluding hydrogens is 234 g/mol. The third kappa shape index (κ3) is 2.14. The van der Waals surface area contributed by atoms with Crippen molar-refractivity contribution in [1.82, 2.24) is 4.98 Å². The molecule has 96 valence electrons. The molecule has 0 amide bonds. The van der Waals surface area contributed by atoms with Crippen molar-refractivity contribution < 1.29 is 4.42 Å². The number of nitrogens with zero attached hydrogens (tertiary/aromatic N) is 1. The highest BCUT2D eigenvalue weighted by atomic mass is 16.3. The van der Waals surface area contributed by atoms with Crippen LogP contribution in [0.2, 0.25) is 0 Å². The number of aryl methyl sites for hydroxylation is 3. The summed E-state index contributed by atoms with van der Waals surface area (Å²) in [7, 11) is 0. The van der Waals surface area contributed by atoms with Gasteiger partial charge in [-0.1, -0.05) is 19.1 Å². The van der Waals surface area contributed by atoms with Crippen LogP contribution in [0.1, 0.15) is 23.6 Å². The van der Waals surface area contributed by atoms with Gasteiger partial charge in [0.2, 0.25) is 5.89 Å². The first kappa shape index (κ1) is 12.0. The Bertz CT molecular complexity index is 740. The minimum Gasteiger partial charge on any atom is -0.436 e. The van der Waals surface area contributed by atoms with Gasteiger partial charge in [-0.25, -0.2) is 4.98 Å². The maximum Gasteiger partial charge on any atom is 0.227 e. The molecule has 2 heteroatoms. The van der Waals surface area contributed by atoms with Crippen LogP contribution in [-0.2, 0) is 6.42 Å². The Hall–Kier alpha value is -2.09. The molecule has 1 aromatic heterocycles. The lowest BCUT2D eigenvalue weighted by atomic mass is 10.1. The van der Waals surface area contributed by atoms with Gasteiger partial charge in [-0.2, -0.15) is 0 Å². The molecule has 2 aromatic carbocycles. The first-order chi connectivity index (χ1) is 9.17. The van der Waals surface area contributed by atoms with Gasteiger partial charge in [0.15, 0.2) is 5.58 Å². The molecule has 0 aliphatic carbocycles. The van der Waals surface area contributed by atoms with Crippen molar-refractivity contribution in [1.29, 1.82) is 0 Å². The second-order valence-corrected chi connectivity index (χ2v) is 4.97. The van der Waals surface area contributed by atoms with Gasteiger partial charge in [0.25, 0.3) is 0 Å². The Kier molecular flexibility index (Phi) is 2.86. The number of hydrogen-bond donors (Lipinski definition) is 0. The van der Waals surface area contributed by atoms with Gasteiger partial charge >= 0.3 is 0 Å². The molecule has 3 rings (SSSR count). The molecule has 0 N–H and O–H groups in total. The monoisotopic (exact) mass is 251 g/mol. The topological polar surface area (TPSA) is 26.0 Å². The molecule has 0 radical (unpaired) electrons. The van der Waals surface area contributed by atoms with Crippen molar-refractivity contribution >= 4 is 11.1 Å². The molecule has 0 spiro atoms. The van der Waals surface area contributed by atoms with Crippen molar-refractivity contribution in [3.05, 3.63) is 53.1 Å². The van der Waals surface area contributed by atoms with Crippen LogP contribution in [-0.4, -0.2) is 4.98 Å². The summed E-state index contributed by atoms with van der Waals surface area (Å²) in [4.78, 5) is 4.60. The fraction of sp³-hybridized carbons (Fsp3) is 0.235. The number of benzene rings is 2. The second-order valence-electron chi connectivity index (χ2n) is 4.97. The summed E-state index contributed by atoms with van der Waals surface area (Å²) in [5.74, 6) is 0.700. The zero-order valence-electron chi connectivity index (χ0n) is 11.5. The first-order valence-electron chi connectivity index (χ1n) is 6.64. The smallest absolute Gasteiger partial charge is 0.227 e. The zero-order chi connectivity index (χ0) is 13.4. The van der Waals surface area contributed by atoms with Crippen LogP contribution in [0.15, 0.2) is 40.8 Å². The summed E-state index contributed by atoms with van der Waals surface area (Å²) in [6.07, 6.45) is 1.02. The molecule has 0 bridgehead atoms. The molecule has 0 atom stereocenters. The molecule has 0 saturated carbocycles. The van der Waals surface area contributed by atoms with E-state index in [1.54, 1.807) is 0 Å². The fourth-order valence-corrected chi connectivity index (χ4v) is 2.19. The highest BCUT2D eigenvalue weighted by Gasteiger charge is 2.09. The van der Waals surface area contributed by atoms with E-state index in [9.17, 15) is 0 Å². The van der Waals surface area contributed by atoms with E-state index in [1.165, 1.54) is 16.7 Å². The summed E-state index contributed by atoms with van der Waals surface area (Å²) in [5.41, 5.74) is 6.66. The van der Waals surface area contributed by atoms with Crippen molar-refractivity contribution in [2.24, 2.45) is 0 Å². The number of hydrogen-bond acceptors (Lipinski definition) is 2. The molecule has 0 aliphatic rings. The molecular formula is C17H17NO. The third-order valence-electron chi connectivity index (χ3n) is 3.61. The van der Waals surface area contributed by atoms with E-state index in [4.69, 9.17) is 4.42 Å². The maximum atomic E-state index is 5.84. The van der Waals surface area contributed by atoms with Crippen molar-refractivity contribution in [3.63, 3.8) is 0 Å². The summed E-state index contributed by atoms with van der Waals surface area (Å²) < 4.78 is 5.84. The van der Waals surface area contributed by atoms with Crippen LogP contribution in [0.4, 0.5) is 0 Å². The molecule has 2 nitrogen and oxygen atoms in total. The highest BCUT2D eigenvalue weighted by Crippen LogP contribution is 2.26. The zero-order valence-corrected chi connectivity index (χ0v) is 11.5. The largest absolute Gasteiger partial charge is 0.436 e. The summed E-state index contributed by atoms with van der Waals surface area (Å²) in [6, 6.07) is 12.5. The second kappa shape index (κ2) is 4.54. The van der Waals surface area contributed by atoms with E-state index in [0.29, 0.717) is 5.89 Å². The number of fused-ring (bicyclic) bond motifs is 1. The van der Waals surface area contributed by atoms with Gasteiger partial charge < -0.3 is 4.42 Å². The predicted octanol–water partition coefficient (Wildman–Crippen LogP) is 4.67. The highest BCUT2D eigenvalue weighted by molar-refractivity contribution is 5.77. The Morgan fingerprint density at radius 1 is 1.00 bits per heavy atom. The van der Waals surface area contributed by atoms with Crippen LogP contribution < -0.4 is 0 Å². The average molecular weight is 251 g/mol. The molecule has 1 heterocycles. The average Bonchev–Trinajstić information content (AvgIpc) is 2.84. The van der Waals surface area contributed by atoms with Crippen molar-refractivity contribution in [2.75, 3.05) is 0 Å². The van der Waals surface area contributed by atoms with Gasteiger partial charge in [-0.15, -0.1) is 0 Å². The van der Waals surface area contributed by atoms with Gasteiger partial charge in [-0.05, 0) is 61.2 Å². The quantitative estimate of drug-likeness (QED) is 0.661. The summed E-state index contributed by atoms with van der Waals surface area (Å²) >= 11 is 0. The molecule has 19 heavy (non-hydrogen) atoms. The molecule has 0 fully saturated rings. The Balaban J connectivity index is 2.11. The van der Waals surface area contributed by atoms with Crippen LogP contribution in [0.3, 0.4) is 0 Å². The molecule has 0 saturated heterocycles. The van der Waals surface area contributed by atoms with E-state index < -0.39 is 0 Å². The van der Waals surface area contributed by atoms with E-state index in [-0.39, 0.29) is 0 Å². The SMILES string of the molecule is CCc1ccc2oc(-c3ccc(C)c(C)c3)nc2c1. The standard InChI is InChI=1S/C17H17NO/c1-4-13-6-8-16-15(10-13)18-17(19-16)14-7-5-11(2)12(3)9-14/h5-10H,4H2,1-3H3. The summed E-state index contributed by atoms with van der Waals surface area (Å²) in [5, 5.41) is 0.